The van der Waals surface area contributed by atoms with Crippen molar-refractivity contribution in [1.29, 1.82) is 0 Å². The van der Waals surface area contributed by atoms with Gasteiger partial charge in [0.05, 0.1) is 26.0 Å². The summed E-state index contributed by atoms with van der Waals surface area (Å²) < 4.78 is 17.2. The van der Waals surface area contributed by atoms with E-state index in [4.69, 9.17) is 0 Å². The van der Waals surface area contributed by atoms with Crippen LogP contribution in [0.4, 0.5) is 4.39 Å². The van der Waals surface area contributed by atoms with Crippen LogP contribution in [0, 0.1) is 17.3 Å². The van der Waals surface area contributed by atoms with Crippen molar-refractivity contribution in [3.8, 4) is 0 Å². The number of hydrogen-bond acceptors (Lipinski definition) is 5. The molecule has 4 atom stereocenters. The molecule has 2 fully saturated rings. The molecule has 2 unspecified atom stereocenters. The first-order valence-electron chi connectivity index (χ1n) is 11.3. The minimum atomic E-state index is -0.687. The van der Waals surface area contributed by atoms with Gasteiger partial charge in [-0.05, 0) is 56.8 Å². The van der Waals surface area contributed by atoms with Gasteiger partial charge in [-0.2, -0.15) is 0 Å². The van der Waals surface area contributed by atoms with E-state index in [9.17, 15) is 24.2 Å². The van der Waals surface area contributed by atoms with E-state index in [1.54, 1.807) is 0 Å². The number of alkyl halides is 1. The lowest BCUT2D eigenvalue weighted by Gasteiger charge is -2.45. The number of allylic oxidation sites excluding steroid dienone is 2. The Hall–Kier alpha value is -1.53. The van der Waals surface area contributed by atoms with E-state index >= 15 is 0 Å². The predicted molar refractivity (Wildman–Crippen MR) is 113 cm³/mol. The number of halogens is 1. The highest BCUT2D eigenvalue weighted by Gasteiger charge is 2.42. The van der Waals surface area contributed by atoms with Gasteiger partial charge in [-0.1, -0.05) is 30.7 Å². The molecule has 0 radical (unpaired) electrons. The smallest absolute Gasteiger partial charge is 0.305 e. The number of ketones is 1. The topological polar surface area (TPSA) is 83.8 Å². The molecule has 5 nitrogen and oxygen atoms in total. The number of Topliss-reactive ketones (excluding diaryl/α,β-unsaturated/α-hetero) is 1. The highest BCUT2D eigenvalue weighted by Crippen LogP contribution is 2.48. The number of ether oxygens (including phenoxy) is 1. The number of unbranched alkanes of at least 4 members (excludes halogenated alkanes) is 1. The lowest BCUT2D eigenvalue weighted by atomic mass is 9.62. The predicted octanol–water partition coefficient (Wildman–Crippen LogP) is 4.07. The summed E-state index contributed by atoms with van der Waals surface area (Å²) >= 11 is 0. The van der Waals surface area contributed by atoms with Gasteiger partial charge in [0, 0.05) is 24.7 Å². The third-order valence-electron chi connectivity index (χ3n) is 6.85. The van der Waals surface area contributed by atoms with Crippen LogP contribution in [0.1, 0.15) is 70.6 Å². The van der Waals surface area contributed by atoms with Gasteiger partial charge < -0.3 is 14.9 Å². The molecule has 2 saturated carbocycles. The molecule has 6 heteroatoms. The molecule has 2 rings (SSSR count). The summed E-state index contributed by atoms with van der Waals surface area (Å²) in [4.78, 5) is 23.4. The van der Waals surface area contributed by atoms with Crippen LogP contribution in [0.25, 0.3) is 0 Å². The van der Waals surface area contributed by atoms with Crippen molar-refractivity contribution >= 4 is 11.8 Å². The van der Waals surface area contributed by atoms with E-state index in [1.165, 1.54) is 7.11 Å². The van der Waals surface area contributed by atoms with Crippen LogP contribution in [-0.2, 0) is 14.3 Å². The first-order valence-corrected chi connectivity index (χ1v) is 11.3. The molecule has 0 aromatic carbocycles. The molecule has 0 aromatic heterocycles. The maximum absolute atomic E-state index is 12.6. The van der Waals surface area contributed by atoms with Gasteiger partial charge in [0.25, 0.3) is 0 Å². The number of methoxy groups -OCH3 is 1. The van der Waals surface area contributed by atoms with Crippen LogP contribution < -0.4 is 0 Å². The molecule has 2 aliphatic rings. The Morgan fingerprint density at radius 3 is 2.70 bits per heavy atom. The molecule has 2 aliphatic carbocycles. The van der Waals surface area contributed by atoms with Gasteiger partial charge in [0.15, 0.2) is 0 Å². The van der Waals surface area contributed by atoms with Gasteiger partial charge in [-0.25, -0.2) is 0 Å². The third-order valence-corrected chi connectivity index (χ3v) is 6.85. The maximum Gasteiger partial charge on any atom is 0.305 e. The number of aliphatic hydroxyl groups excluding tert-OH is 2. The summed E-state index contributed by atoms with van der Waals surface area (Å²) in [5.41, 5.74) is -0.160. The number of carbonyl (C=O) groups is 2. The zero-order chi connectivity index (χ0) is 22.0. The van der Waals surface area contributed by atoms with E-state index in [-0.39, 0.29) is 42.1 Å². The molecule has 0 aliphatic heterocycles. The second-order valence-electron chi connectivity index (χ2n) is 8.79. The Balaban J connectivity index is 1.83. The maximum atomic E-state index is 12.6. The lowest BCUT2D eigenvalue weighted by Crippen LogP contribution is -2.41. The molecular formula is C24H37FO5. The number of rotatable bonds is 13. The number of aliphatic hydroxyl groups is 2. The second-order valence-corrected chi connectivity index (χ2v) is 8.79. The molecule has 0 bridgehead atoms. The van der Waals surface area contributed by atoms with Crippen LogP contribution in [0.3, 0.4) is 0 Å². The Bertz CT molecular complexity index is 611. The summed E-state index contributed by atoms with van der Waals surface area (Å²) in [6.07, 6.45) is 13.7. The van der Waals surface area contributed by atoms with Crippen molar-refractivity contribution in [3.05, 3.63) is 24.3 Å². The Kier molecular flexibility index (Phi) is 10.2. The molecule has 170 valence electrons. The van der Waals surface area contributed by atoms with E-state index in [1.807, 2.05) is 24.3 Å². The highest BCUT2D eigenvalue weighted by molar-refractivity contribution is 5.84. The Morgan fingerprint density at radius 1 is 1.30 bits per heavy atom. The van der Waals surface area contributed by atoms with Gasteiger partial charge in [0.2, 0.25) is 0 Å². The SMILES string of the molecule is COC(=O)CCCC=CC[C@H]1C(=O)CC(O)[C@@H]1C=CCC(O)C1(CCCF)CCC1. The van der Waals surface area contributed by atoms with E-state index < -0.39 is 12.2 Å². The summed E-state index contributed by atoms with van der Waals surface area (Å²) in [5.74, 6) is -0.657. The fourth-order valence-corrected chi connectivity index (χ4v) is 4.77. The van der Waals surface area contributed by atoms with Crippen molar-refractivity contribution in [2.24, 2.45) is 17.3 Å². The average molecular weight is 425 g/mol. The first-order chi connectivity index (χ1) is 14.4. The Labute approximate surface area is 179 Å². The van der Waals surface area contributed by atoms with Crippen molar-refractivity contribution in [2.45, 2.75) is 82.8 Å². The average Bonchev–Trinajstić information content (AvgIpc) is 2.96. The van der Waals surface area contributed by atoms with Crippen LogP contribution in [0.5, 0.6) is 0 Å². The van der Waals surface area contributed by atoms with Crippen LogP contribution >= 0.6 is 0 Å². The van der Waals surface area contributed by atoms with Crippen molar-refractivity contribution < 1.29 is 28.9 Å². The zero-order valence-electron chi connectivity index (χ0n) is 18.1. The molecular weight excluding hydrogens is 387 g/mol. The van der Waals surface area contributed by atoms with Gasteiger partial charge in [0.1, 0.15) is 5.78 Å². The highest BCUT2D eigenvalue weighted by atomic mass is 19.1. The van der Waals surface area contributed by atoms with Crippen LogP contribution in [0.15, 0.2) is 24.3 Å². The van der Waals surface area contributed by atoms with E-state index in [2.05, 4.69) is 4.74 Å². The largest absolute Gasteiger partial charge is 0.469 e. The first kappa shape index (κ1) is 24.7. The zero-order valence-corrected chi connectivity index (χ0v) is 18.1. The fraction of sp³-hybridized carbons (Fsp3) is 0.750. The second kappa shape index (κ2) is 12.4. The Morgan fingerprint density at radius 2 is 2.07 bits per heavy atom. The quantitative estimate of drug-likeness (QED) is 0.265. The number of hydrogen-bond donors (Lipinski definition) is 2. The molecule has 0 heterocycles. The van der Waals surface area contributed by atoms with Crippen LogP contribution in [-0.4, -0.2) is 48.0 Å². The summed E-state index contributed by atoms with van der Waals surface area (Å²) in [6.45, 7) is -0.349. The van der Waals surface area contributed by atoms with Crippen molar-refractivity contribution in [2.75, 3.05) is 13.8 Å². The number of carbonyl (C=O) groups excluding carboxylic acids is 2. The van der Waals surface area contributed by atoms with Gasteiger partial charge in [-0.15, -0.1) is 0 Å². The van der Waals surface area contributed by atoms with Crippen molar-refractivity contribution in [1.82, 2.24) is 0 Å². The monoisotopic (exact) mass is 424 g/mol. The molecule has 0 saturated heterocycles. The lowest BCUT2D eigenvalue weighted by molar-refractivity contribution is -0.140. The summed E-state index contributed by atoms with van der Waals surface area (Å²) in [5, 5.41) is 20.9. The standard InChI is InChI=1S/C24H37FO5/c1-30-23(29)12-5-3-2-4-9-18-19(21(27)17-20(18)26)10-6-11-22(28)24(13-7-14-24)15-8-16-25/h2,4,6,10,18-19,21-22,27-28H,3,5,7-9,11-17H2,1H3/t18-,19-,21?,22?/m1/s1. The molecule has 0 aromatic rings. The normalized spacial score (nSPS) is 26.9. The van der Waals surface area contributed by atoms with E-state index in [0.29, 0.717) is 38.5 Å². The van der Waals surface area contributed by atoms with Crippen LogP contribution in [0.2, 0.25) is 0 Å². The summed E-state index contributed by atoms with van der Waals surface area (Å²) in [6, 6.07) is 0. The minimum absolute atomic E-state index is 0.0651. The van der Waals surface area contributed by atoms with Gasteiger partial charge in [-0.3, -0.25) is 14.0 Å². The van der Waals surface area contributed by atoms with E-state index in [0.717, 1.165) is 25.7 Å². The van der Waals surface area contributed by atoms with Gasteiger partial charge >= 0.3 is 5.97 Å². The van der Waals surface area contributed by atoms with Crippen molar-refractivity contribution in [3.63, 3.8) is 0 Å². The molecule has 0 spiro atoms. The third kappa shape index (κ3) is 6.74. The molecule has 30 heavy (non-hydrogen) atoms. The fourth-order valence-electron chi connectivity index (χ4n) is 4.77. The molecule has 0 amide bonds. The summed E-state index contributed by atoms with van der Waals surface area (Å²) in [7, 11) is 1.37. The molecule has 2 N–H and O–H groups in total. The number of esters is 1. The minimum Gasteiger partial charge on any atom is -0.469 e.